The van der Waals surface area contributed by atoms with Gasteiger partial charge in [-0.3, -0.25) is 9.69 Å². The van der Waals surface area contributed by atoms with Gasteiger partial charge in [0.05, 0.1) is 11.1 Å². The van der Waals surface area contributed by atoms with Gasteiger partial charge in [0.15, 0.2) is 0 Å². The smallest absolute Gasteiger partial charge is 0.252 e. The molecule has 2 aromatic rings. The van der Waals surface area contributed by atoms with Crippen LogP contribution in [0.1, 0.15) is 23.1 Å². The zero-order valence-electron chi connectivity index (χ0n) is 15.0. The Kier molecular flexibility index (Phi) is 4.51. The van der Waals surface area contributed by atoms with Crippen LogP contribution in [0.2, 0.25) is 0 Å². The van der Waals surface area contributed by atoms with Gasteiger partial charge in [0.25, 0.3) is 5.56 Å². The molecule has 0 spiro atoms. The Hall–Kier alpha value is -1.69. The van der Waals surface area contributed by atoms with Crippen molar-refractivity contribution in [3.05, 3.63) is 45.2 Å². The van der Waals surface area contributed by atoms with E-state index in [9.17, 15) is 9.90 Å². The number of aromatic nitrogens is 1. The number of β-amino-alcohol motifs (C(OH)–C–C–N with tert-alkyl or cyclic N) is 1. The second-order valence-corrected chi connectivity index (χ2v) is 7.59. The maximum atomic E-state index is 12.4. The molecule has 130 valence electrons. The number of likely N-dealkylation sites (tertiary alicyclic amines) is 1. The number of likely N-dealkylation sites (N-methyl/N-ethyl adjacent to an activating group) is 1. The highest BCUT2D eigenvalue weighted by atomic mass is 16.3. The molecular weight excluding hydrogens is 302 g/mol. The van der Waals surface area contributed by atoms with E-state index in [0.29, 0.717) is 19.6 Å². The number of pyridine rings is 1. The lowest BCUT2D eigenvalue weighted by atomic mass is 10.0. The van der Waals surface area contributed by atoms with E-state index in [0.717, 1.165) is 35.0 Å². The summed E-state index contributed by atoms with van der Waals surface area (Å²) in [4.78, 5) is 19.7. The van der Waals surface area contributed by atoms with E-state index in [1.807, 2.05) is 32.0 Å². The predicted octanol–water partition coefficient (Wildman–Crippen LogP) is 1.64. The first-order valence-corrected chi connectivity index (χ1v) is 8.48. The lowest BCUT2D eigenvalue weighted by Gasteiger charge is -2.26. The number of aliphatic hydroxyl groups is 1. The molecule has 3 rings (SSSR count). The molecule has 1 aromatic heterocycles. The average Bonchev–Trinajstić information content (AvgIpc) is 2.80. The first kappa shape index (κ1) is 17.1. The molecule has 5 heteroatoms. The van der Waals surface area contributed by atoms with Crippen molar-refractivity contribution in [2.24, 2.45) is 0 Å². The van der Waals surface area contributed by atoms with Crippen LogP contribution in [-0.4, -0.2) is 59.2 Å². The minimum atomic E-state index is -0.680. The number of aryl methyl sites for hydroxylation is 2. The largest absolute Gasteiger partial charge is 0.387 e. The third-order valence-electron chi connectivity index (χ3n) is 4.79. The molecule has 5 nitrogen and oxygen atoms in total. The quantitative estimate of drug-likeness (QED) is 0.895. The molecule has 2 N–H and O–H groups in total. The van der Waals surface area contributed by atoms with Crippen LogP contribution in [-0.2, 0) is 6.54 Å². The van der Waals surface area contributed by atoms with Crippen molar-refractivity contribution in [3.8, 4) is 0 Å². The van der Waals surface area contributed by atoms with Crippen molar-refractivity contribution in [2.45, 2.75) is 32.4 Å². The third-order valence-corrected chi connectivity index (χ3v) is 4.79. The van der Waals surface area contributed by atoms with Crippen molar-refractivity contribution in [1.29, 1.82) is 0 Å². The van der Waals surface area contributed by atoms with Crippen LogP contribution in [0.4, 0.5) is 0 Å². The molecule has 1 aromatic carbocycles. The van der Waals surface area contributed by atoms with Gasteiger partial charge < -0.3 is 15.0 Å². The minimum Gasteiger partial charge on any atom is -0.387 e. The van der Waals surface area contributed by atoms with Crippen molar-refractivity contribution in [1.82, 2.24) is 14.8 Å². The summed E-state index contributed by atoms with van der Waals surface area (Å²) in [5.41, 5.74) is 3.26. The monoisotopic (exact) mass is 329 g/mol. The fourth-order valence-electron chi connectivity index (χ4n) is 3.88. The molecule has 1 saturated heterocycles. The highest BCUT2D eigenvalue weighted by Gasteiger charge is 2.36. The molecule has 0 bridgehead atoms. The van der Waals surface area contributed by atoms with Crippen molar-refractivity contribution in [2.75, 3.05) is 33.7 Å². The van der Waals surface area contributed by atoms with Crippen molar-refractivity contribution >= 4 is 10.9 Å². The van der Waals surface area contributed by atoms with Crippen LogP contribution < -0.4 is 5.56 Å². The molecule has 1 fully saturated rings. The van der Waals surface area contributed by atoms with Crippen LogP contribution >= 0.6 is 0 Å². The molecule has 1 atom stereocenters. The summed E-state index contributed by atoms with van der Waals surface area (Å²) in [6, 6.07) is 6.19. The summed E-state index contributed by atoms with van der Waals surface area (Å²) in [5, 5.41) is 11.7. The molecular formula is C19H27N3O2. The lowest BCUT2D eigenvalue weighted by Crippen LogP contribution is -2.42. The SMILES string of the molecule is Cc1cc(C)c2[nH]c(=O)c(CN3CC[C@](O)(CN(C)C)C3)cc2c1. The van der Waals surface area contributed by atoms with Gasteiger partial charge in [-0.15, -0.1) is 0 Å². The summed E-state index contributed by atoms with van der Waals surface area (Å²) in [6.45, 7) is 6.74. The van der Waals surface area contributed by atoms with Crippen molar-refractivity contribution < 1.29 is 5.11 Å². The zero-order valence-corrected chi connectivity index (χ0v) is 15.0. The van der Waals surface area contributed by atoms with E-state index in [1.54, 1.807) is 0 Å². The average molecular weight is 329 g/mol. The number of aromatic amines is 1. The summed E-state index contributed by atoms with van der Waals surface area (Å²) in [6.07, 6.45) is 0.745. The first-order chi connectivity index (χ1) is 11.3. The fraction of sp³-hybridized carbons (Fsp3) is 0.526. The van der Waals surface area contributed by atoms with E-state index in [1.165, 1.54) is 5.56 Å². The van der Waals surface area contributed by atoms with Gasteiger partial charge in [0.1, 0.15) is 0 Å². The Bertz CT molecular complexity index is 812. The highest BCUT2D eigenvalue weighted by Crippen LogP contribution is 2.24. The first-order valence-electron chi connectivity index (χ1n) is 8.48. The molecule has 0 aliphatic carbocycles. The number of benzene rings is 1. The molecule has 0 unspecified atom stereocenters. The molecule has 0 radical (unpaired) electrons. The standard InChI is InChI=1S/C19H27N3O2/c1-13-7-14(2)17-15(8-13)9-16(18(23)20-17)10-22-6-5-19(24,12-22)11-21(3)4/h7-9,24H,5-6,10-12H2,1-4H3,(H,20,23)/t19-/m0/s1. The number of hydrogen-bond acceptors (Lipinski definition) is 4. The molecule has 0 saturated carbocycles. The number of fused-ring (bicyclic) bond motifs is 1. The molecule has 24 heavy (non-hydrogen) atoms. The summed E-state index contributed by atoms with van der Waals surface area (Å²) >= 11 is 0. The number of nitrogens with zero attached hydrogens (tertiary/aromatic N) is 2. The highest BCUT2D eigenvalue weighted by molar-refractivity contribution is 5.82. The minimum absolute atomic E-state index is 0.0301. The normalized spacial score (nSPS) is 21.9. The van der Waals surface area contributed by atoms with E-state index < -0.39 is 5.60 Å². The molecule has 2 heterocycles. The second kappa shape index (κ2) is 6.31. The topological polar surface area (TPSA) is 59.6 Å². The summed E-state index contributed by atoms with van der Waals surface area (Å²) in [5.74, 6) is 0. The van der Waals surface area contributed by atoms with Crippen LogP contribution in [0.25, 0.3) is 10.9 Å². The Labute approximate surface area is 142 Å². The number of rotatable bonds is 4. The van der Waals surface area contributed by atoms with Crippen LogP contribution in [0.3, 0.4) is 0 Å². The maximum Gasteiger partial charge on any atom is 0.252 e. The molecule has 1 aliphatic heterocycles. The second-order valence-electron chi connectivity index (χ2n) is 7.59. The maximum absolute atomic E-state index is 12.4. The zero-order chi connectivity index (χ0) is 17.5. The fourth-order valence-corrected chi connectivity index (χ4v) is 3.88. The number of hydrogen-bond donors (Lipinski definition) is 2. The van der Waals surface area contributed by atoms with E-state index in [4.69, 9.17) is 0 Å². The molecule has 1 aliphatic rings. The van der Waals surface area contributed by atoms with E-state index in [2.05, 4.69) is 28.9 Å². The van der Waals surface area contributed by atoms with Gasteiger partial charge >= 0.3 is 0 Å². The third kappa shape index (κ3) is 3.53. The Morgan fingerprint density at radius 3 is 2.75 bits per heavy atom. The van der Waals surface area contributed by atoms with Crippen LogP contribution in [0.15, 0.2) is 23.0 Å². The van der Waals surface area contributed by atoms with Gasteiger partial charge in [-0.1, -0.05) is 11.6 Å². The van der Waals surface area contributed by atoms with Gasteiger partial charge in [-0.05, 0) is 57.4 Å². The molecule has 0 amide bonds. The van der Waals surface area contributed by atoms with Gasteiger partial charge in [-0.2, -0.15) is 0 Å². The Balaban J connectivity index is 1.83. The number of H-pyrrole nitrogens is 1. The number of nitrogens with one attached hydrogen (secondary N) is 1. The van der Waals surface area contributed by atoms with Crippen LogP contribution in [0.5, 0.6) is 0 Å². The lowest BCUT2D eigenvalue weighted by molar-refractivity contribution is 0.0240. The van der Waals surface area contributed by atoms with Gasteiger partial charge in [-0.25, -0.2) is 0 Å². The Morgan fingerprint density at radius 1 is 1.29 bits per heavy atom. The predicted molar refractivity (Wildman–Crippen MR) is 97.4 cm³/mol. The van der Waals surface area contributed by atoms with Gasteiger partial charge in [0, 0.05) is 31.7 Å². The summed E-state index contributed by atoms with van der Waals surface area (Å²) in [7, 11) is 3.94. The summed E-state index contributed by atoms with van der Waals surface area (Å²) < 4.78 is 0. The Morgan fingerprint density at radius 2 is 2.04 bits per heavy atom. The van der Waals surface area contributed by atoms with Crippen molar-refractivity contribution in [3.63, 3.8) is 0 Å². The van der Waals surface area contributed by atoms with E-state index >= 15 is 0 Å². The van der Waals surface area contributed by atoms with Crippen LogP contribution in [0, 0.1) is 13.8 Å². The van der Waals surface area contributed by atoms with E-state index in [-0.39, 0.29) is 5.56 Å². The van der Waals surface area contributed by atoms with Gasteiger partial charge in [0.2, 0.25) is 0 Å².